The summed E-state index contributed by atoms with van der Waals surface area (Å²) in [5.41, 5.74) is 2.59. The van der Waals surface area contributed by atoms with Crippen LogP contribution < -0.4 is 0 Å². The van der Waals surface area contributed by atoms with Crippen molar-refractivity contribution in [3.63, 3.8) is 0 Å². The fourth-order valence-electron chi connectivity index (χ4n) is 2.60. The molecular formula is C18H30N2O. The van der Waals surface area contributed by atoms with Crippen LogP contribution in [-0.2, 0) is 6.42 Å². The first kappa shape index (κ1) is 17.7. The van der Waals surface area contributed by atoms with E-state index in [9.17, 15) is 0 Å². The smallest absolute Gasteiger partial charge is 0.0587 e. The number of nitrogens with one attached hydrogen (secondary N) is 1. The molecule has 1 fully saturated rings. The number of fused-ring (bicyclic) bond motifs is 1. The Balaban J connectivity index is 0.000000510. The number of likely N-dealkylation sites (tertiary alicyclic amines) is 1. The summed E-state index contributed by atoms with van der Waals surface area (Å²) >= 11 is 0. The molecule has 2 N–H and O–H groups in total. The summed E-state index contributed by atoms with van der Waals surface area (Å²) in [7, 11) is 0. The first-order valence-corrected chi connectivity index (χ1v) is 8.28. The quantitative estimate of drug-likeness (QED) is 0.898. The molecular weight excluding hydrogens is 260 g/mol. The fourth-order valence-corrected chi connectivity index (χ4v) is 2.60. The van der Waals surface area contributed by atoms with Gasteiger partial charge in [0.1, 0.15) is 0 Å². The first-order valence-electron chi connectivity index (χ1n) is 8.28. The summed E-state index contributed by atoms with van der Waals surface area (Å²) in [6.07, 6.45) is 4.31. The van der Waals surface area contributed by atoms with E-state index in [1.165, 1.54) is 16.5 Å². The predicted octanol–water partition coefficient (Wildman–Crippen LogP) is 3.83. The highest BCUT2D eigenvalue weighted by Gasteiger charge is 2.26. The minimum absolute atomic E-state index is 0.299. The average Bonchev–Trinajstić information content (AvgIpc) is 2.94. The number of H-pyrrole nitrogens is 1. The highest BCUT2D eigenvalue weighted by Crippen LogP contribution is 2.21. The minimum atomic E-state index is 0.299. The van der Waals surface area contributed by atoms with E-state index in [-0.39, 0.29) is 0 Å². The van der Waals surface area contributed by atoms with Crippen LogP contribution in [0.2, 0.25) is 0 Å². The van der Waals surface area contributed by atoms with Gasteiger partial charge in [0.25, 0.3) is 0 Å². The summed E-state index contributed by atoms with van der Waals surface area (Å²) in [6, 6.07) is 8.82. The average molecular weight is 290 g/mol. The van der Waals surface area contributed by atoms with Gasteiger partial charge in [0, 0.05) is 36.2 Å². The molecule has 0 amide bonds. The number of hydrogen-bond acceptors (Lipinski definition) is 2. The Bertz CT molecular complexity index is 505. The SMILES string of the molecule is CC.CC.OCC1CCN1CCc1c[nH]c2ccccc12. The van der Waals surface area contributed by atoms with E-state index >= 15 is 0 Å². The van der Waals surface area contributed by atoms with Crippen LogP contribution >= 0.6 is 0 Å². The number of aromatic nitrogens is 1. The van der Waals surface area contributed by atoms with Gasteiger partial charge in [-0.05, 0) is 24.5 Å². The second-order valence-electron chi connectivity index (χ2n) is 4.77. The van der Waals surface area contributed by atoms with E-state index in [1.54, 1.807) is 0 Å². The van der Waals surface area contributed by atoms with Crippen molar-refractivity contribution >= 4 is 10.9 Å². The number of aromatic amines is 1. The summed E-state index contributed by atoms with van der Waals surface area (Å²) < 4.78 is 0. The summed E-state index contributed by atoms with van der Waals surface area (Å²) in [4.78, 5) is 5.67. The highest BCUT2D eigenvalue weighted by molar-refractivity contribution is 5.83. The molecule has 2 aromatic rings. The van der Waals surface area contributed by atoms with Crippen LogP contribution in [0.4, 0.5) is 0 Å². The van der Waals surface area contributed by atoms with Gasteiger partial charge in [-0.25, -0.2) is 0 Å². The maximum absolute atomic E-state index is 9.14. The molecule has 1 aromatic carbocycles. The fraction of sp³-hybridized carbons (Fsp3) is 0.556. The van der Waals surface area contributed by atoms with E-state index in [1.807, 2.05) is 27.7 Å². The van der Waals surface area contributed by atoms with Crippen molar-refractivity contribution in [2.45, 2.75) is 46.6 Å². The molecule has 1 unspecified atom stereocenters. The van der Waals surface area contributed by atoms with E-state index in [0.717, 1.165) is 25.9 Å². The number of aliphatic hydroxyl groups is 1. The van der Waals surface area contributed by atoms with E-state index in [0.29, 0.717) is 12.6 Å². The van der Waals surface area contributed by atoms with Gasteiger partial charge in [-0.3, -0.25) is 4.90 Å². The van der Waals surface area contributed by atoms with Gasteiger partial charge >= 0.3 is 0 Å². The molecule has 1 aliphatic heterocycles. The van der Waals surface area contributed by atoms with E-state index in [2.05, 4.69) is 40.3 Å². The third kappa shape index (κ3) is 4.32. The number of aliphatic hydroxyl groups excluding tert-OH is 1. The number of hydrogen-bond donors (Lipinski definition) is 2. The highest BCUT2D eigenvalue weighted by atomic mass is 16.3. The molecule has 3 rings (SSSR count). The van der Waals surface area contributed by atoms with Crippen molar-refractivity contribution in [1.29, 1.82) is 0 Å². The van der Waals surface area contributed by atoms with Crippen LogP contribution in [0.1, 0.15) is 39.7 Å². The zero-order chi connectivity index (χ0) is 15.7. The van der Waals surface area contributed by atoms with Gasteiger partial charge < -0.3 is 10.1 Å². The lowest BCUT2D eigenvalue weighted by Crippen LogP contribution is -2.50. The van der Waals surface area contributed by atoms with Gasteiger partial charge in [-0.1, -0.05) is 45.9 Å². The Morgan fingerprint density at radius 3 is 2.52 bits per heavy atom. The molecule has 0 radical (unpaired) electrons. The molecule has 1 atom stereocenters. The number of rotatable bonds is 4. The van der Waals surface area contributed by atoms with Crippen molar-refractivity contribution in [1.82, 2.24) is 9.88 Å². The van der Waals surface area contributed by atoms with Crippen LogP contribution in [0.3, 0.4) is 0 Å². The standard InChI is InChI=1S/C14H18N2O.2C2H6/c17-10-12-6-8-16(12)7-5-11-9-15-14-4-2-1-3-13(11)14;2*1-2/h1-4,9,12,15,17H,5-8,10H2;2*1-2H3. The second-order valence-corrected chi connectivity index (χ2v) is 4.77. The molecule has 1 aliphatic rings. The van der Waals surface area contributed by atoms with Crippen LogP contribution in [0.5, 0.6) is 0 Å². The van der Waals surface area contributed by atoms with Crippen LogP contribution in [-0.4, -0.2) is 40.7 Å². The molecule has 1 aromatic heterocycles. The maximum Gasteiger partial charge on any atom is 0.0587 e. The van der Waals surface area contributed by atoms with Crippen molar-refractivity contribution < 1.29 is 5.11 Å². The van der Waals surface area contributed by atoms with Gasteiger partial charge in [0.15, 0.2) is 0 Å². The molecule has 0 spiro atoms. The predicted molar refractivity (Wildman–Crippen MR) is 91.8 cm³/mol. The zero-order valence-corrected chi connectivity index (χ0v) is 13.9. The lowest BCUT2D eigenvalue weighted by Gasteiger charge is -2.39. The van der Waals surface area contributed by atoms with Crippen molar-refractivity contribution in [3.05, 3.63) is 36.0 Å². The second kappa shape index (κ2) is 9.59. The summed E-state index contributed by atoms with van der Waals surface area (Å²) in [5.74, 6) is 0. The van der Waals surface area contributed by atoms with Crippen LogP contribution in [0.15, 0.2) is 30.5 Å². The van der Waals surface area contributed by atoms with Crippen molar-refractivity contribution in [2.24, 2.45) is 0 Å². The van der Waals surface area contributed by atoms with E-state index in [4.69, 9.17) is 5.11 Å². The molecule has 0 aliphatic carbocycles. The monoisotopic (exact) mass is 290 g/mol. The number of benzene rings is 1. The molecule has 1 saturated heterocycles. The molecule has 118 valence electrons. The lowest BCUT2D eigenvalue weighted by atomic mass is 10.0. The van der Waals surface area contributed by atoms with Crippen molar-refractivity contribution in [2.75, 3.05) is 19.7 Å². The van der Waals surface area contributed by atoms with Gasteiger partial charge in [-0.15, -0.1) is 0 Å². The minimum Gasteiger partial charge on any atom is -0.395 e. The zero-order valence-electron chi connectivity index (χ0n) is 13.9. The normalized spacial score (nSPS) is 17.3. The molecule has 0 saturated carbocycles. The third-order valence-corrected chi connectivity index (χ3v) is 3.82. The Labute approximate surface area is 129 Å². The molecule has 3 heteroatoms. The Morgan fingerprint density at radius 2 is 1.90 bits per heavy atom. The lowest BCUT2D eigenvalue weighted by molar-refractivity contribution is 0.0437. The summed E-state index contributed by atoms with van der Waals surface area (Å²) in [6.45, 7) is 10.5. The molecule has 21 heavy (non-hydrogen) atoms. The van der Waals surface area contributed by atoms with E-state index < -0.39 is 0 Å². The van der Waals surface area contributed by atoms with Gasteiger partial charge in [-0.2, -0.15) is 0 Å². The van der Waals surface area contributed by atoms with Crippen LogP contribution in [0, 0.1) is 0 Å². The Kier molecular flexibility index (Phi) is 8.09. The number of nitrogens with zero attached hydrogens (tertiary/aromatic N) is 1. The largest absolute Gasteiger partial charge is 0.395 e. The first-order chi connectivity index (χ1) is 10.4. The van der Waals surface area contributed by atoms with Gasteiger partial charge in [0.05, 0.1) is 6.61 Å². The molecule has 3 nitrogen and oxygen atoms in total. The van der Waals surface area contributed by atoms with Gasteiger partial charge in [0.2, 0.25) is 0 Å². The Morgan fingerprint density at radius 1 is 1.19 bits per heavy atom. The number of para-hydroxylation sites is 1. The molecule has 0 bridgehead atoms. The summed E-state index contributed by atoms with van der Waals surface area (Å²) in [5, 5.41) is 10.5. The topological polar surface area (TPSA) is 39.3 Å². The van der Waals surface area contributed by atoms with Crippen LogP contribution in [0.25, 0.3) is 10.9 Å². The maximum atomic E-state index is 9.14. The Hall–Kier alpha value is -1.32. The molecule has 2 heterocycles. The van der Waals surface area contributed by atoms with Crippen molar-refractivity contribution in [3.8, 4) is 0 Å². The third-order valence-electron chi connectivity index (χ3n) is 3.82.